The highest BCUT2D eigenvalue weighted by Gasteiger charge is 1.89. The molecule has 2 N–H and O–H groups in total. The molecule has 0 bridgehead atoms. The second-order valence-corrected chi connectivity index (χ2v) is 0.899. The molecule has 0 aromatic carbocycles. The topological polar surface area (TPSA) is 63.1 Å². The van der Waals surface area contributed by atoms with Crippen LogP contribution in [0.4, 0.5) is 0 Å². The lowest BCUT2D eigenvalue weighted by Crippen LogP contribution is -2.03. The maximum atomic E-state index is 5.02. The van der Waals surface area contributed by atoms with Gasteiger partial charge in [-0.3, -0.25) is 0 Å². The average molecular weight is 84.1 g/mol. The van der Waals surface area contributed by atoms with E-state index in [-0.39, 0.29) is 5.96 Å². The van der Waals surface area contributed by atoms with Gasteiger partial charge in [0.2, 0.25) is 5.96 Å². The molecule has 0 radical (unpaired) electrons. The van der Waals surface area contributed by atoms with Crippen LogP contribution in [0.15, 0.2) is 15.2 Å². The summed E-state index contributed by atoms with van der Waals surface area (Å²) in [5.74, 6) is 0.287. The van der Waals surface area contributed by atoms with Gasteiger partial charge in [0.25, 0.3) is 0 Å². The Bertz CT molecular complexity index is 99.4. The summed E-state index contributed by atoms with van der Waals surface area (Å²) >= 11 is 0. The minimum absolute atomic E-state index is 0.287. The molecule has 0 unspecified atom stereocenters. The van der Waals surface area contributed by atoms with Crippen LogP contribution in [0.5, 0.6) is 0 Å². The monoisotopic (exact) mass is 84.0 g/mol. The van der Waals surface area contributed by atoms with Crippen molar-refractivity contribution in [3.05, 3.63) is 0 Å². The molecule has 0 aromatic heterocycles. The van der Waals surface area contributed by atoms with Gasteiger partial charge >= 0.3 is 0 Å². The van der Waals surface area contributed by atoms with E-state index in [1.807, 2.05) is 0 Å². The SMILES string of the molecule is NC1=NCN=N1. The van der Waals surface area contributed by atoms with E-state index in [0.29, 0.717) is 6.67 Å². The van der Waals surface area contributed by atoms with Crippen molar-refractivity contribution in [3.63, 3.8) is 0 Å². The Balaban J connectivity index is 2.68. The first-order valence-corrected chi connectivity index (χ1v) is 1.57. The largest absolute Gasteiger partial charge is 0.367 e. The summed E-state index contributed by atoms with van der Waals surface area (Å²) in [5, 5.41) is 6.85. The molecule has 0 saturated heterocycles. The Morgan fingerprint density at radius 3 is 2.67 bits per heavy atom. The standard InChI is InChI=1S/C2H4N4/c3-2-4-1-5-6-2/h1H2,(H2,3,4). The highest BCUT2D eigenvalue weighted by atomic mass is 15.3. The van der Waals surface area contributed by atoms with Crippen molar-refractivity contribution in [1.82, 2.24) is 0 Å². The van der Waals surface area contributed by atoms with Crippen molar-refractivity contribution >= 4 is 5.96 Å². The summed E-state index contributed by atoms with van der Waals surface area (Å²) in [7, 11) is 0. The second-order valence-electron chi connectivity index (χ2n) is 0.899. The molecule has 4 nitrogen and oxygen atoms in total. The number of rotatable bonds is 0. The Morgan fingerprint density at radius 2 is 2.50 bits per heavy atom. The van der Waals surface area contributed by atoms with Crippen molar-refractivity contribution < 1.29 is 0 Å². The van der Waals surface area contributed by atoms with Gasteiger partial charge in [0.1, 0.15) is 0 Å². The summed E-state index contributed by atoms with van der Waals surface area (Å²) in [6, 6.07) is 0. The van der Waals surface area contributed by atoms with Crippen LogP contribution in [0.1, 0.15) is 0 Å². The number of hydrogen-bond acceptors (Lipinski definition) is 4. The summed E-state index contributed by atoms with van der Waals surface area (Å²) in [5.41, 5.74) is 5.02. The number of azo groups is 1. The second kappa shape index (κ2) is 1.04. The fraction of sp³-hybridized carbons (Fsp3) is 0.500. The number of nitrogens with two attached hydrogens (primary N) is 1. The number of nitrogens with zero attached hydrogens (tertiary/aromatic N) is 3. The van der Waals surface area contributed by atoms with E-state index in [9.17, 15) is 0 Å². The number of guanidine groups is 1. The zero-order chi connectivity index (χ0) is 4.41. The van der Waals surface area contributed by atoms with Crippen molar-refractivity contribution in [3.8, 4) is 0 Å². The molecular formula is C2H4N4. The third kappa shape index (κ3) is 0.357. The van der Waals surface area contributed by atoms with E-state index in [4.69, 9.17) is 5.73 Å². The lowest BCUT2D eigenvalue weighted by atomic mass is 11.1. The lowest BCUT2D eigenvalue weighted by molar-refractivity contribution is 1.05. The molecule has 6 heavy (non-hydrogen) atoms. The van der Waals surface area contributed by atoms with E-state index in [1.54, 1.807) is 0 Å². The normalized spacial score (nSPS) is 18.3. The van der Waals surface area contributed by atoms with Crippen LogP contribution in [-0.4, -0.2) is 12.6 Å². The molecular weight excluding hydrogens is 80.1 g/mol. The fourth-order valence-corrected chi connectivity index (χ4v) is 0.240. The van der Waals surface area contributed by atoms with Crippen LogP contribution in [0.25, 0.3) is 0 Å². The Hall–Kier alpha value is -0.930. The highest BCUT2D eigenvalue weighted by Crippen LogP contribution is 1.85. The molecule has 0 aliphatic carbocycles. The molecule has 1 heterocycles. The molecule has 32 valence electrons. The molecule has 4 heteroatoms. The quantitative estimate of drug-likeness (QED) is 0.431. The molecule has 1 aliphatic rings. The van der Waals surface area contributed by atoms with Crippen LogP contribution in [0.2, 0.25) is 0 Å². The molecule has 0 fully saturated rings. The predicted molar refractivity (Wildman–Crippen MR) is 21.3 cm³/mol. The van der Waals surface area contributed by atoms with E-state index in [1.165, 1.54) is 0 Å². The molecule has 1 rings (SSSR count). The fourth-order valence-electron chi connectivity index (χ4n) is 0.240. The van der Waals surface area contributed by atoms with Gasteiger partial charge in [0.15, 0.2) is 6.67 Å². The van der Waals surface area contributed by atoms with Crippen LogP contribution in [-0.2, 0) is 0 Å². The van der Waals surface area contributed by atoms with E-state index < -0.39 is 0 Å². The maximum Gasteiger partial charge on any atom is 0.237 e. The van der Waals surface area contributed by atoms with Crippen molar-refractivity contribution in [2.75, 3.05) is 6.67 Å². The van der Waals surface area contributed by atoms with E-state index in [2.05, 4.69) is 15.2 Å². The van der Waals surface area contributed by atoms with Gasteiger partial charge in [-0.25, -0.2) is 4.99 Å². The summed E-state index contributed by atoms with van der Waals surface area (Å²) in [6.45, 7) is 0.409. The van der Waals surface area contributed by atoms with Gasteiger partial charge in [0, 0.05) is 0 Å². The van der Waals surface area contributed by atoms with Crippen molar-refractivity contribution in [1.29, 1.82) is 0 Å². The van der Waals surface area contributed by atoms with Crippen LogP contribution < -0.4 is 5.73 Å². The van der Waals surface area contributed by atoms with Crippen LogP contribution >= 0.6 is 0 Å². The maximum absolute atomic E-state index is 5.02. The number of aliphatic imine (C=N–C) groups is 1. The van der Waals surface area contributed by atoms with Crippen LogP contribution in [0.3, 0.4) is 0 Å². The molecule has 0 amide bonds. The highest BCUT2D eigenvalue weighted by molar-refractivity contribution is 5.78. The van der Waals surface area contributed by atoms with Gasteiger partial charge in [0.05, 0.1) is 0 Å². The zero-order valence-corrected chi connectivity index (χ0v) is 3.13. The summed E-state index contributed by atoms with van der Waals surface area (Å²) < 4.78 is 0. The van der Waals surface area contributed by atoms with Gasteiger partial charge < -0.3 is 5.73 Å². The van der Waals surface area contributed by atoms with Crippen molar-refractivity contribution in [2.24, 2.45) is 21.0 Å². The third-order valence-electron chi connectivity index (χ3n) is 0.469. The molecule has 0 atom stereocenters. The minimum Gasteiger partial charge on any atom is -0.367 e. The average Bonchev–Trinajstić information content (AvgIpc) is 1.86. The summed E-state index contributed by atoms with van der Waals surface area (Å²) in [4.78, 5) is 3.60. The lowest BCUT2D eigenvalue weighted by Gasteiger charge is -1.69. The smallest absolute Gasteiger partial charge is 0.237 e. The Labute approximate surface area is 34.8 Å². The van der Waals surface area contributed by atoms with Gasteiger partial charge in [-0.2, -0.15) is 5.11 Å². The minimum atomic E-state index is 0.287. The Morgan fingerprint density at radius 1 is 1.67 bits per heavy atom. The van der Waals surface area contributed by atoms with E-state index in [0.717, 1.165) is 0 Å². The van der Waals surface area contributed by atoms with Gasteiger partial charge in [-0.1, -0.05) is 0 Å². The summed E-state index contributed by atoms with van der Waals surface area (Å²) in [6.07, 6.45) is 0. The first-order chi connectivity index (χ1) is 2.89. The molecule has 1 aliphatic heterocycles. The Kier molecular flexibility index (Phi) is 0.567. The third-order valence-corrected chi connectivity index (χ3v) is 0.469. The van der Waals surface area contributed by atoms with Gasteiger partial charge in [-0.15, -0.1) is 5.11 Å². The zero-order valence-electron chi connectivity index (χ0n) is 3.13. The van der Waals surface area contributed by atoms with Crippen LogP contribution in [0, 0.1) is 0 Å². The first kappa shape index (κ1) is 3.27. The molecule has 0 saturated carbocycles. The van der Waals surface area contributed by atoms with Crippen molar-refractivity contribution in [2.45, 2.75) is 0 Å². The number of hydrogen-bond donors (Lipinski definition) is 1. The predicted octanol–water partition coefficient (Wildman–Crippen LogP) is -0.276. The first-order valence-electron chi connectivity index (χ1n) is 1.57. The molecule has 0 aromatic rings. The van der Waals surface area contributed by atoms with E-state index >= 15 is 0 Å². The molecule has 0 spiro atoms. The van der Waals surface area contributed by atoms with Gasteiger partial charge in [-0.05, 0) is 0 Å².